The third-order valence-electron chi connectivity index (χ3n) is 4.86. The van der Waals surface area contributed by atoms with Gasteiger partial charge in [0.1, 0.15) is 5.75 Å². The Morgan fingerprint density at radius 2 is 1.76 bits per heavy atom. The lowest BCUT2D eigenvalue weighted by atomic mass is 10.0. The summed E-state index contributed by atoms with van der Waals surface area (Å²) in [4.78, 5) is 12.5. The molecule has 176 valence electrons. The van der Waals surface area contributed by atoms with E-state index in [1.807, 2.05) is 36.4 Å². The predicted molar refractivity (Wildman–Crippen MR) is 122 cm³/mol. The Bertz CT molecular complexity index is 1290. The maximum Gasteiger partial charge on any atom is 0.387 e. The SMILES string of the molecule is CN(CC(=O)Nc1ccc(OC(F)F)c(Cc2ccccc2)c1)S(=O)(=O)c1ccc(C#N)cc1. The second-order valence-electron chi connectivity index (χ2n) is 7.31. The molecule has 0 bridgehead atoms. The van der Waals surface area contributed by atoms with Gasteiger partial charge >= 0.3 is 6.61 Å². The van der Waals surface area contributed by atoms with Crippen molar-refractivity contribution in [1.29, 1.82) is 5.26 Å². The number of hydrogen-bond acceptors (Lipinski definition) is 5. The first kappa shape index (κ1) is 24.8. The topological polar surface area (TPSA) is 99.5 Å². The van der Waals surface area contributed by atoms with Gasteiger partial charge in [-0.05, 0) is 48.0 Å². The molecule has 1 amide bonds. The molecule has 3 aromatic carbocycles. The van der Waals surface area contributed by atoms with Crippen LogP contribution in [0.25, 0.3) is 0 Å². The number of likely N-dealkylation sites (N-methyl/N-ethyl adjacent to an activating group) is 1. The van der Waals surface area contributed by atoms with Gasteiger partial charge in [0.25, 0.3) is 0 Å². The Morgan fingerprint density at radius 3 is 2.38 bits per heavy atom. The van der Waals surface area contributed by atoms with Crippen LogP contribution >= 0.6 is 0 Å². The minimum Gasteiger partial charge on any atom is -0.435 e. The van der Waals surface area contributed by atoms with Crippen LogP contribution in [0, 0.1) is 11.3 Å². The van der Waals surface area contributed by atoms with Crippen molar-refractivity contribution in [2.24, 2.45) is 0 Å². The van der Waals surface area contributed by atoms with Crippen LogP contribution in [0.5, 0.6) is 5.75 Å². The van der Waals surface area contributed by atoms with E-state index >= 15 is 0 Å². The molecule has 0 unspecified atom stereocenters. The number of rotatable bonds is 9. The highest BCUT2D eigenvalue weighted by Crippen LogP contribution is 2.27. The van der Waals surface area contributed by atoms with Gasteiger partial charge in [-0.3, -0.25) is 4.79 Å². The van der Waals surface area contributed by atoms with Crippen molar-refractivity contribution in [3.05, 3.63) is 89.5 Å². The summed E-state index contributed by atoms with van der Waals surface area (Å²) in [7, 11) is -2.70. The summed E-state index contributed by atoms with van der Waals surface area (Å²) in [5, 5.41) is 11.4. The number of amides is 1. The third kappa shape index (κ3) is 6.37. The van der Waals surface area contributed by atoms with Crippen molar-refractivity contribution in [3.63, 3.8) is 0 Å². The van der Waals surface area contributed by atoms with Gasteiger partial charge in [-0.1, -0.05) is 30.3 Å². The van der Waals surface area contributed by atoms with Crippen molar-refractivity contribution in [3.8, 4) is 11.8 Å². The van der Waals surface area contributed by atoms with E-state index in [4.69, 9.17) is 5.26 Å². The van der Waals surface area contributed by atoms with Gasteiger partial charge in [0.05, 0.1) is 23.1 Å². The third-order valence-corrected chi connectivity index (χ3v) is 6.67. The number of halogens is 2. The zero-order valence-electron chi connectivity index (χ0n) is 18.1. The van der Waals surface area contributed by atoms with Gasteiger partial charge in [0.15, 0.2) is 0 Å². The smallest absolute Gasteiger partial charge is 0.387 e. The number of nitriles is 1. The number of sulfonamides is 1. The summed E-state index contributed by atoms with van der Waals surface area (Å²) < 4.78 is 56.5. The molecule has 10 heteroatoms. The first-order valence-corrected chi connectivity index (χ1v) is 11.5. The van der Waals surface area contributed by atoms with Crippen LogP contribution in [0.15, 0.2) is 77.7 Å². The van der Waals surface area contributed by atoms with E-state index in [2.05, 4.69) is 10.1 Å². The summed E-state index contributed by atoms with van der Waals surface area (Å²) in [5.41, 5.74) is 1.91. The lowest BCUT2D eigenvalue weighted by Gasteiger charge is -2.18. The highest BCUT2D eigenvalue weighted by Gasteiger charge is 2.23. The molecule has 0 aliphatic carbocycles. The zero-order valence-corrected chi connectivity index (χ0v) is 18.9. The number of carbonyl (C=O) groups excluding carboxylic acids is 1. The van der Waals surface area contributed by atoms with Crippen LogP contribution in [0.3, 0.4) is 0 Å². The van der Waals surface area contributed by atoms with E-state index in [1.54, 1.807) is 0 Å². The van der Waals surface area contributed by atoms with E-state index in [0.29, 0.717) is 23.2 Å². The van der Waals surface area contributed by atoms with Crippen molar-refractivity contribution >= 4 is 21.6 Å². The van der Waals surface area contributed by atoms with Crippen LogP contribution in [0.2, 0.25) is 0 Å². The normalized spacial score (nSPS) is 11.3. The molecule has 0 aliphatic heterocycles. The highest BCUT2D eigenvalue weighted by molar-refractivity contribution is 7.89. The highest BCUT2D eigenvalue weighted by atomic mass is 32.2. The van der Waals surface area contributed by atoms with Crippen LogP contribution < -0.4 is 10.1 Å². The van der Waals surface area contributed by atoms with Crippen LogP contribution in [0.1, 0.15) is 16.7 Å². The van der Waals surface area contributed by atoms with Crippen LogP contribution in [0.4, 0.5) is 14.5 Å². The average Bonchev–Trinajstić information content (AvgIpc) is 2.81. The Kier molecular flexibility index (Phi) is 7.94. The predicted octanol–water partition coefficient (Wildman–Crippen LogP) is 4.01. The number of nitrogens with zero attached hydrogens (tertiary/aromatic N) is 2. The fourth-order valence-corrected chi connectivity index (χ4v) is 4.32. The summed E-state index contributed by atoms with van der Waals surface area (Å²) in [6, 6.07) is 20.6. The second kappa shape index (κ2) is 10.9. The largest absolute Gasteiger partial charge is 0.435 e. The molecule has 0 saturated carbocycles. The molecule has 1 N–H and O–H groups in total. The van der Waals surface area contributed by atoms with E-state index in [1.165, 1.54) is 49.5 Å². The summed E-state index contributed by atoms with van der Waals surface area (Å²) >= 11 is 0. The molecule has 0 saturated heterocycles. The van der Waals surface area contributed by atoms with E-state index in [0.717, 1.165) is 9.87 Å². The summed E-state index contributed by atoms with van der Waals surface area (Å²) in [6.45, 7) is -3.48. The number of benzene rings is 3. The molecule has 0 spiro atoms. The molecule has 7 nitrogen and oxygen atoms in total. The van der Waals surface area contributed by atoms with Crippen molar-refractivity contribution in [2.75, 3.05) is 18.9 Å². The Hall–Kier alpha value is -3.81. The lowest BCUT2D eigenvalue weighted by molar-refractivity contribution is -0.116. The molecule has 0 aromatic heterocycles. The summed E-state index contributed by atoms with van der Waals surface area (Å²) in [5.74, 6) is -0.634. The van der Waals surface area contributed by atoms with Gasteiger partial charge in [-0.15, -0.1) is 0 Å². The van der Waals surface area contributed by atoms with E-state index in [9.17, 15) is 22.0 Å². The average molecular weight is 486 g/mol. The van der Waals surface area contributed by atoms with E-state index in [-0.39, 0.29) is 10.6 Å². The standard InChI is InChI=1S/C24H21F2N3O4S/c1-29(34(31,32)21-10-7-18(15-27)8-11-21)16-23(30)28-20-9-12-22(33-24(25)26)19(14-20)13-17-5-3-2-4-6-17/h2-12,14,24H,13,16H2,1H3,(H,28,30). The van der Waals surface area contributed by atoms with Crippen LogP contribution in [-0.4, -0.2) is 38.8 Å². The summed E-state index contributed by atoms with van der Waals surface area (Å²) in [6.07, 6.45) is 0.291. The first-order valence-electron chi connectivity index (χ1n) is 10.1. The Labute approximate surface area is 196 Å². The Balaban J connectivity index is 1.74. The Morgan fingerprint density at radius 1 is 1.09 bits per heavy atom. The maximum atomic E-state index is 12.8. The van der Waals surface area contributed by atoms with E-state index < -0.39 is 29.1 Å². The quantitative estimate of drug-likeness (QED) is 0.494. The zero-order chi connectivity index (χ0) is 24.7. The number of hydrogen-bond donors (Lipinski definition) is 1. The van der Waals surface area contributed by atoms with Crippen molar-refractivity contribution in [2.45, 2.75) is 17.9 Å². The molecule has 0 heterocycles. The molecular formula is C24H21F2N3O4S. The lowest BCUT2D eigenvalue weighted by Crippen LogP contribution is -2.35. The number of anilines is 1. The second-order valence-corrected chi connectivity index (χ2v) is 9.35. The minimum atomic E-state index is -3.96. The van der Waals surface area contributed by atoms with Gasteiger partial charge < -0.3 is 10.1 Å². The molecule has 34 heavy (non-hydrogen) atoms. The van der Waals surface area contributed by atoms with Gasteiger partial charge in [0, 0.05) is 24.7 Å². The van der Waals surface area contributed by atoms with Crippen LogP contribution in [-0.2, 0) is 21.2 Å². The first-order chi connectivity index (χ1) is 16.2. The molecule has 0 aliphatic rings. The molecule has 3 rings (SSSR count). The number of carbonyl (C=O) groups is 1. The van der Waals surface area contributed by atoms with Crippen molar-refractivity contribution < 1.29 is 26.7 Å². The van der Waals surface area contributed by atoms with Gasteiger partial charge in [-0.2, -0.15) is 18.3 Å². The minimum absolute atomic E-state index is 0.0163. The van der Waals surface area contributed by atoms with Crippen molar-refractivity contribution in [1.82, 2.24) is 4.31 Å². The number of nitrogens with one attached hydrogen (secondary N) is 1. The molecule has 0 atom stereocenters. The molecular weight excluding hydrogens is 464 g/mol. The molecule has 0 fully saturated rings. The number of ether oxygens (including phenoxy) is 1. The fraction of sp³-hybridized carbons (Fsp3) is 0.167. The number of alkyl halides is 2. The fourth-order valence-electron chi connectivity index (χ4n) is 3.19. The monoisotopic (exact) mass is 485 g/mol. The van der Waals surface area contributed by atoms with Gasteiger partial charge in [-0.25, -0.2) is 8.42 Å². The van der Waals surface area contributed by atoms with Gasteiger partial charge in [0.2, 0.25) is 15.9 Å². The molecule has 3 aromatic rings. The maximum absolute atomic E-state index is 12.8. The molecule has 0 radical (unpaired) electrons.